The van der Waals surface area contributed by atoms with Crippen molar-refractivity contribution in [1.82, 2.24) is 0 Å². The summed E-state index contributed by atoms with van der Waals surface area (Å²) in [6, 6.07) is 0. The zero-order chi connectivity index (χ0) is 18.5. The van der Waals surface area contributed by atoms with E-state index in [4.69, 9.17) is 22.3 Å². The second-order valence-corrected chi connectivity index (χ2v) is 6.93. The summed E-state index contributed by atoms with van der Waals surface area (Å²) >= 11 is 0. The Morgan fingerprint density at radius 3 is 1.28 bits per heavy atom. The molecule has 7 heteroatoms. The molecule has 0 amide bonds. The molecule has 0 fully saturated rings. The fourth-order valence-corrected chi connectivity index (χ4v) is 2.50. The summed E-state index contributed by atoms with van der Waals surface area (Å²) in [5, 5.41) is 0. The molecule has 0 aliphatic rings. The Hall–Kier alpha value is 0.830. The van der Waals surface area contributed by atoms with Crippen LogP contribution >= 0.6 is 0 Å². The Labute approximate surface area is 178 Å². The van der Waals surface area contributed by atoms with Crippen molar-refractivity contribution in [3.05, 3.63) is 6.92 Å². The summed E-state index contributed by atoms with van der Waals surface area (Å²) < 4.78 is 39.3. The van der Waals surface area contributed by atoms with E-state index in [0.29, 0.717) is 6.61 Å². The van der Waals surface area contributed by atoms with E-state index >= 15 is 0 Å². The van der Waals surface area contributed by atoms with Gasteiger partial charge in [0.2, 0.25) is 0 Å². The van der Waals surface area contributed by atoms with Crippen LogP contribution in [0.2, 0.25) is 0 Å². The molecule has 0 spiro atoms. The SMILES string of the molecule is O=S(=O)([O-])[O-].[CH2-]COCCCCCCCCCCCCCCCC.[Na+]. The Kier molecular flexibility index (Phi) is 30.3. The maximum absolute atomic E-state index is 8.52. The summed E-state index contributed by atoms with van der Waals surface area (Å²) in [5.74, 6) is 0. The number of hydrogen-bond acceptors (Lipinski definition) is 5. The monoisotopic (exact) mass is 388 g/mol. The van der Waals surface area contributed by atoms with Gasteiger partial charge >= 0.3 is 29.6 Å². The molecule has 0 aliphatic carbocycles. The molecule has 0 rings (SSSR count). The van der Waals surface area contributed by atoms with Crippen LogP contribution in [0.1, 0.15) is 96.8 Å². The second-order valence-electron chi connectivity index (χ2n) is 6.12. The predicted octanol–water partition coefficient (Wildman–Crippen LogP) is 1.98. The molecule has 0 saturated carbocycles. The topological polar surface area (TPSA) is 89.5 Å². The summed E-state index contributed by atoms with van der Waals surface area (Å²) in [6.07, 6.45) is 19.8. The van der Waals surface area contributed by atoms with Gasteiger partial charge in [-0.05, 0) is 6.42 Å². The number of hydrogen-bond donors (Lipinski definition) is 0. The van der Waals surface area contributed by atoms with Crippen LogP contribution in [-0.4, -0.2) is 30.7 Å². The van der Waals surface area contributed by atoms with Gasteiger partial charge in [0.15, 0.2) is 0 Å². The van der Waals surface area contributed by atoms with E-state index in [-0.39, 0.29) is 29.6 Å². The van der Waals surface area contributed by atoms with Crippen molar-refractivity contribution in [1.29, 1.82) is 0 Å². The largest absolute Gasteiger partial charge is 1.00 e. The van der Waals surface area contributed by atoms with Crippen LogP contribution in [-0.2, 0) is 15.1 Å². The zero-order valence-corrected chi connectivity index (χ0v) is 19.3. The summed E-state index contributed by atoms with van der Waals surface area (Å²) in [6.45, 7) is 7.48. The first-order chi connectivity index (χ1) is 11.4. The van der Waals surface area contributed by atoms with Gasteiger partial charge in [-0.2, -0.15) is 0 Å². The van der Waals surface area contributed by atoms with Gasteiger partial charge in [-0.3, -0.25) is 8.42 Å². The van der Waals surface area contributed by atoms with Crippen molar-refractivity contribution in [2.45, 2.75) is 96.8 Å². The van der Waals surface area contributed by atoms with Gasteiger partial charge in [-0.25, -0.2) is 0 Å². The van der Waals surface area contributed by atoms with Crippen LogP contribution in [0.15, 0.2) is 0 Å². The third-order valence-electron chi connectivity index (χ3n) is 3.79. The molecule has 0 bridgehead atoms. The van der Waals surface area contributed by atoms with E-state index in [1.807, 2.05) is 0 Å². The van der Waals surface area contributed by atoms with E-state index in [1.54, 1.807) is 0 Å². The van der Waals surface area contributed by atoms with Crippen molar-refractivity contribution in [2.24, 2.45) is 0 Å². The molecule has 25 heavy (non-hydrogen) atoms. The molecule has 0 heterocycles. The molecule has 0 N–H and O–H groups in total. The van der Waals surface area contributed by atoms with Crippen LogP contribution in [0, 0.1) is 6.92 Å². The smallest absolute Gasteiger partial charge is 0.759 e. The standard InChI is InChI=1S/C18H37O.Na.H2O4S/c1-3-5-6-7-8-9-10-11-12-13-14-15-16-17-18-19-4-2;;1-5(2,3)4/h2-18H2,1H3;;(H2,1,2,3,4)/q-1;+1;/p-2. The first-order valence-electron chi connectivity index (χ1n) is 9.45. The molecule has 0 aromatic rings. The fraction of sp³-hybridized carbons (Fsp3) is 0.944. The van der Waals surface area contributed by atoms with Crippen molar-refractivity contribution in [3.8, 4) is 0 Å². The molecular weight excluding hydrogens is 351 g/mol. The molecule has 0 radical (unpaired) electrons. The maximum atomic E-state index is 8.52. The molecule has 0 unspecified atom stereocenters. The average molecular weight is 389 g/mol. The normalized spacial score (nSPS) is 10.7. The van der Waals surface area contributed by atoms with Gasteiger partial charge in [-0.15, -0.1) is 0 Å². The van der Waals surface area contributed by atoms with E-state index in [9.17, 15) is 0 Å². The molecule has 0 aromatic heterocycles. The molecule has 148 valence electrons. The summed E-state index contributed by atoms with van der Waals surface area (Å²) in [4.78, 5) is 0. The molecule has 0 aromatic carbocycles. The Bertz CT molecular complexity index is 299. The molecule has 0 atom stereocenters. The first kappa shape index (κ1) is 30.6. The van der Waals surface area contributed by atoms with E-state index in [1.165, 1.54) is 89.9 Å². The van der Waals surface area contributed by atoms with E-state index in [2.05, 4.69) is 13.8 Å². The zero-order valence-electron chi connectivity index (χ0n) is 16.5. The van der Waals surface area contributed by atoms with Crippen molar-refractivity contribution < 1.29 is 51.8 Å². The quantitative estimate of drug-likeness (QED) is 0.133. The van der Waals surface area contributed by atoms with Gasteiger partial charge < -0.3 is 20.8 Å². The van der Waals surface area contributed by atoms with Crippen molar-refractivity contribution >= 4 is 10.4 Å². The second kappa shape index (κ2) is 24.8. The molecule has 5 nitrogen and oxygen atoms in total. The van der Waals surface area contributed by atoms with Crippen LogP contribution in [0.5, 0.6) is 0 Å². The fourth-order valence-electron chi connectivity index (χ4n) is 2.50. The van der Waals surface area contributed by atoms with Gasteiger partial charge in [0, 0.05) is 17.0 Å². The number of rotatable bonds is 16. The maximum Gasteiger partial charge on any atom is 1.00 e. The van der Waals surface area contributed by atoms with Crippen LogP contribution in [0.4, 0.5) is 0 Å². The van der Waals surface area contributed by atoms with Crippen molar-refractivity contribution in [3.63, 3.8) is 0 Å². The Morgan fingerprint density at radius 2 is 1.00 bits per heavy atom. The van der Waals surface area contributed by atoms with Crippen molar-refractivity contribution in [2.75, 3.05) is 13.2 Å². The third-order valence-corrected chi connectivity index (χ3v) is 3.79. The summed E-state index contributed by atoms with van der Waals surface area (Å²) in [5.41, 5.74) is 0. The van der Waals surface area contributed by atoms with Gasteiger partial charge in [-0.1, -0.05) is 97.0 Å². The van der Waals surface area contributed by atoms with E-state index < -0.39 is 10.4 Å². The minimum atomic E-state index is -5.17. The molecule has 0 aliphatic heterocycles. The van der Waals surface area contributed by atoms with Crippen LogP contribution in [0.3, 0.4) is 0 Å². The number of unbranched alkanes of at least 4 members (excludes halogenated alkanes) is 13. The van der Waals surface area contributed by atoms with Gasteiger partial charge in [0.25, 0.3) is 0 Å². The first-order valence-corrected chi connectivity index (χ1v) is 10.8. The van der Waals surface area contributed by atoms with Gasteiger partial charge in [0.05, 0.1) is 0 Å². The molecular formula is C18H37NaO5S-2. The Morgan fingerprint density at radius 1 is 0.720 bits per heavy atom. The Balaban J connectivity index is -0.000000704. The third kappa shape index (κ3) is 45.7. The minimum absolute atomic E-state index is 0. The molecule has 0 saturated heterocycles. The predicted molar refractivity (Wildman–Crippen MR) is 97.0 cm³/mol. The minimum Gasteiger partial charge on any atom is -0.759 e. The number of ether oxygens (including phenoxy) is 1. The van der Waals surface area contributed by atoms with Crippen LogP contribution in [0.25, 0.3) is 0 Å². The average Bonchev–Trinajstić information content (AvgIpc) is 2.49. The van der Waals surface area contributed by atoms with Gasteiger partial charge in [0.1, 0.15) is 0 Å². The van der Waals surface area contributed by atoms with Crippen LogP contribution < -0.4 is 29.6 Å². The summed E-state index contributed by atoms with van der Waals surface area (Å²) in [7, 11) is -5.17. The van der Waals surface area contributed by atoms with E-state index in [0.717, 1.165) is 6.61 Å².